The van der Waals surface area contributed by atoms with E-state index in [0.717, 1.165) is 82.6 Å². The van der Waals surface area contributed by atoms with Crippen molar-refractivity contribution in [3.63, 3.8) is 0 Å². The van der Waals surface area contributed by atoms with E-state index in [1.54, 1.807) is 11.3 Å². The van der Waals surface area contributed by atoms with Gasteiger partial charge in [-0.2, -0.15) is 13.2 Å². The van der Waals surface area contributed by atoms with E-state index in [1.165, 1.54) is 32.9 Å². The molecule has 0 radical (unpaired) electrons. The quantitative estimate of drug-likeness (QED) is 0.191. The summed E-state index contributed by atoms with van der Waals surface area (Å²) in [5, 5.41) is 9.37. The molecule has 0 bridgehead atoms. The first kappa shape index (κ1) is 34.7. The number of sulfone groups is 1. The van der Waals surface area contributed by atoms with Gasteiger partial charge in [0.05, 0.1) is 10.5 Å². The molecule has 0 spiro atoms. The second kappa shape index (κ2) is 13.7. The van der Waals surface area contributed by atoms with E-state index in [1.807, 2.05) is 37.4 Å². The van der Waals surface area contributed by atoms with Crippen LogP contribution in [0.5, 0.6) is 5.75 Å². The van der Waals surface area contributed by atoms with Crippen LogP contribution >= 0.6 is 22.7 Å². The molecule has 8 nitrogen and oxygen atoms in total. The van der Waals surface area contributed by atoms with E-state index in [0.29, 0.717) is 0 Å². The van der Waals surface area contributed by atoms with Crippen LogP contribution in [0.15, 0.2) is 70.3 Å². The summed E-state index contributed by atoms with van der Waals surface area (Å²) in [7, 11) is -3.70. The molecule has 1 amide bonds. The van der Waals surface area contributed by atoms with Crippen molar-refractivity contribution in [2.24, 2.45) is 0 Å². The zero-order valence-electron chi connectivity index (χ0n) is 27.1. The minimum Gasteiger partial charge on any atom is -0.480 e. The standard InChI is InChI=1S/C23H21F3N2O4S2.C12H12N2S/c1-13-12-33-21(27-13)15-4-5-16-10-28(11-17(16)8-15)22(29)19-9-18(34(3,30)31)6-7-20(19)32-14(2)23(24,25)26;1-8-7-15-12(14-8)9-2-3-10-5-13-6-11(10)4-9/h4-9,12,14H,10-11H2,1-3H3;2-4,7,13H,5-6H2,1H3/t14-;/m0./s1. The fraction of sp³-hybridized carbons (Fsp3) is 0.286. The average Bonchev–Trinajstić information content (AvgIpc) is 3.86. The fourth-order valence-electron chi connectivity index (χ4n) is 5.51. The number of benzene rings is 3. The monoisotopic (exact) mass is 726 g/mol. The van der Waals surface area contributed by atoms with Crippen LogP contribution in [0.25, 0.3) is 21.1 Å². The van der Waals surface area contributed by atoms with Crippen molar-refractivity contribution in [3.8, 4) is 26.9 Å². The van der Waals surface area contributed by atoms with Gasteiger partial charge in [-0.25, -0.2) is 18.4 Å². The molecule has 2 aliphatic rings. The van der Waals surface area contributed by atoms with E-state index >= 15 is 0 Å². The maximum Gasteiger partial charge on any atom is 0.425 e. The van der Waals surface area contributed by atoms with E-state index in [4.69, 9.17) is 4.74 Å². The third-order valence-electron chi connectivity index (χ3n) is 8.16. The summed E-state index contributed by atoms with van der Waals surface area (Å²) in [5.74, 6) is -0.935. The minimum absolute atomic E-state index is 0.180. The number of nitrogens with one attached hydrogen (secondary N) is 1. The van der Waals surface area contributed by atoms with Crippen molar-refractivity contribution in [1.29, 1.82) is 0 Å². The van der Waals surface area contributed by atoms with Crippen molar-refractivity contribution in [2.75, 3.05) is 6.26 Å². The first-order valence-electron chi connectivity index (χ1n) is 15.3. The van der Waals surface area contributed by atoms with Crippen LogP contribution in [0.4, 0.5) is 13.2 Å². The smallest absolute Gasteiger partial charge is 0.425 e. The molecule has 2 aromatic heterocycles. The molecule has 256 valence electrons. The number of hydrogen-bond donors (Lipinski definition) is 1. The molecule has 0 fully saturated rings. The Balaban J connectivity index is 0.000000229. The van der Waals surface area contributed by atoms with E-state index < -0.39 is 28.0 Å². The number of thiazole rings is 2. The van der Waals surface area contributed by atoms with Crippen LogP contribution < -0.4 is 10.1 Å². The van der Waals surface area contributed by atoms with Crippen LogP contribution in [-0.2, 0) is 36.0 Å². The van der Waals surface area contributed by atoms with E-state index in [-0.39, 0.29) is 29.3 Å². The first-order valence-corrected chi connectivity index (χ1v) is 19.0. The molecule has 49 heavy (non-hydrogen) atoms. The Morgan fingerprint density at radius 3 is 2.00 bits per heavy atom. The molecule has 3 aromatic carbocycles. The lowest BCUT2D eigenvalue weighted by molar-refractivity contribution is -0.189. The van der Waals surface area contributed by atoms with Gasteiger partial charge in [0.25, 0.3) is 5.91 Å². The van der Waals surface area contributed by atoms with Gasteiger partial charge in [0.2, 0.25) is 0 Å². The summed E-state index contributed by atoms with van der Waals surface area (Å²) in [4.78, 5) is 23.6. The number of fused-ring (bicyclic) bond motifs is 2. The van der Waals surface area contributed by atoms with Crippen molar-refractivity contribution < 1.29 is 31.1 Å². The largest absolute Gasteiger partial charge is 0.480 e. The molecule has 0 saturated heterocycles. The second-order valence-electron chi connectivity index (χ2n) is 12.1. The number of aryl methyl sites for hydroxylation is 2. The molecular formula is C35H33F3N4O4S3. The van der Waals surface area contributed by atoms with Gasteiger partial charge < -0.3 is 15.0 Å². The van der Waals surface area contributed by atoms with Crippen LogP contribution in [0.2, 0.25) is 0 Å². The number of amides is 1. The summed E-state index contributed by atoms with van der Waals surface area (Å²) in [6, 6.07) is 15.7. The highest BCUT2D eigenvalue weighted by Crippen LogP contribution is 2.34. The summed E-state index contributed by atoms with van der Waals surface area (Å²) in [5.41, 5.74) is 8.57. The third kappa shape index (κ3) is 7.88. The Morgan fingerprint density at radius 2 is 1.43 bits per heavy atom. The topological polar surface area (TPSA) is 101 Å². The molecule has 1 N–H and O–H groups in total. The van der Waals surface area contributed by atoms with Gasteiger partial charge in [0.15, 0.2) is 15.9 Å². The van der Waals surface area contributed by atoms with Gasteiger partial charge in [0.1, 0.15) is 15.8 Å². The Morgan fingerprint density at radius 1 is 0.857 bits per heavy atom. The maximum absolute atomic E-state index is 13.4. The van der Waals surface area contributed by atoms with Crippen LogP contribution in [0.3, 0.4) is 0 Å². The molecule has 0 aliphatic carbocycles. The van der Waals surface area contributed by atoms with Crippen molar-refractivity contribution >= 4 is 38.4 Å². The number of rotatable bonds is 6. The molecular weight excluding hydrogens is 694 g/mol. The zero-order valence-corrected chi connectivity index (χ0v) is 29.5. The summed E-state index contributed by atoms with van der Waals surface area (Å²) >= 11 is 3.23. The van der Waals surface area contributed by atoms with Gasteiger partial charge in [-0.15, -0.1) is 22.7 Å². The lowest BCUT2D eigenvalue weighted by Gasteiger charge is -2.22. The fourth-order valence-corrected chi connectivity index (χ4v) is 7.75. The molecule has 2 aliphatic heterocycles. The van der Waals surface area contributed by atoms with Crippen molar-refractivity contribution in [2.45, 2.75) is 64.1 Å². The van der Waals surface area contributed by atoms with Gasteiger partial charge in [-0.05, 0) is 73.4 Å². The van der Waals surface area contributed by atoms with Gasteiger partial charge in [-0.3, -0.25) is 4.79 Å². The SMILES string of the molecule is Cc1csc(-c2ccc3c(c2)CN(C(=O)c2cc(S(C)(=O)=O)ccc2O[C@@H](C)C(F)(F)F)C3)n1.Cc1csc(-c2ccc3c(c2)CNC3)n1. The zero-order chi connectivity index (χ0) is 35.1. The number of carbonyl (C=O) groups is 1. The highest BCUT2D eigenvalue weighted by Gasteiger charge is 2.39. The van der Waals surface area contributed by atoms with Crippen LogP contribution in [-0.4, -0.2) is 47.7 Å². The van der Waals surface area contributed by atoms with E-state index in [2.05, 4.69) is 38.9 Å². The number of carbonyl (C=O) groups excluding carboxylic acids is 1. The first-order chi connectivity index (χ1) is 23.2. The molecule has 7 rings (SSSR count). The molecule has 5 aromatic rings. The number of nitrogens with zero attached hydrogens (tertiary/aromatic N) is 3. The number of halogens is 3. The lowest BCUT2D eigenvalue weighted by atomic mass is 10.1. The molecule has 4 heterocycles. The number of alkyl halides is 3. The normalized spacial score (nSPS) is 14.6. The van der Waals surface area contributed by atoms with Crippen LogP contribution in [0.1, 0.15) is 50.9 Å². The summed E-state index contributed by atoms with van der Waals surface area (Å²) in [6.07, 6.45) is -5.86. The highest BCUT2D eigenvalue weighted by atomic mass is 32.2. The van der Waals surface area contributed by atoms with Gasteiger partial charge in [0, 0.05) is 65.7 Å². The minimum atomic E-state index is -4.65. The molecule has 1 atom stereocenters. The van der Waals surface area contributed by atoms with Crippen molar-refractivity contribution in [3.05, 3.63) is 105 Å². The predicted molar refractivity (Wildman–Crippen MR) is 184 cm³/mol. The van der Waals surface area contributed by atoms with E-state index in [9.17, 15) is 26.4 Å². The maximum atomic E-state index is 13.4. The Labute approximate surface area is 290 Å². The summed E-state index contributed by atoms with van der Waals surface area (Å²) in [6.45, 7) is 7.23. The lowest BCUT2D eigenvalue weighted by Crippen LogP contribution is -2.32. The highest BCUT2D eigenvalue weighted by molar-refractivity contribution is 7.90. The number of aromatic nitrogens is 2. The number of hydrogen-bond acceptors (Lipinski definition) is 9. The molecule has 0 unspecified atom stereocenters. The van der Waals surface area contributed by atoms with Gasteiger partial charge >= 0.3 is 6.18 Å². The van der Waals surface area contributed by atoms with Crippen molar-refractivity contribution in [1.82, 2.24) is 20.2 Å². The van der Waals surface area contributed by atoms with Crippen LogP contribution in [0, 0.1) is 13.8 Å². The third-order valence-corrected chi connectivity index (χ3v) is 11.3. The Kier molecular flexibility index (Phi) is 9.68. The molecule has 14 heteroatoms. The Bertz CT molecular complexity index is 2140. The number of ether oxygens (including phenoxy) is 1. The average molecular weight is 727 g/mol. The summed E-state index contributed by atoms with van der Waals surface area (Å²) < 4.78 is 68.3. The Hall–Kier alpha value is -4.11. The predicted octanol–water partition coefficient (Wildman–Crippen LogP) is 7.73. The second-order valence-corrected chi connectivity index (χ2v) is 15.8. The molecule has 0 saturated carbocycles. The van der Waals surface area contributed by atoms with Gasteiger partial charge in [-0.1, -0.05) is 24.3 Å².